The third-order valence-corrected chi connectivity index (χ3v) is 12.2. The molecule has 3 fully saturated rings. The SMILES string of the molecule is COc1cccc(C(=O)O[C@H]2CC[C@@]3(C)C(=CC[C@@H]4[C@H]5CC[C@@H]([C@H](C)CCCC(C)C)[C@]5(C)CC[C@H]43)C2)c1OC. The number of para-hydroxylation sites is 1. The van der Waals surface area contributed by atoms with Crippen LogP contribution in [0, 0.1) is 46.3 Å². The molecule has 0 N–H and O–H groups in total. The third-order valence-electron chi connectivity index (χ3n) is 12.2. The Kier molecular flexibility index (Phi) is 8.65. The zero-order chi connectivity index (χ0) is 28.7. The number of hydrogen-bond acceptors (Lipinski definition) is 4. The Hall–Kier alpha value is -1.97. The van der Waals surface area contributed by atoms with E-state index in [1.165, 1.54) is 51.4 Å². The Bertz CT molecular complexity index is 1090. The highest BCUT2D eigenvalue weighted by atomic mass is 16.5. The number of methoxy groups -OCH3 is 2. The van der Waals surface area contributed by atoms with Gasteiger partial charge in [0.2, 0.25) is 0 Å². The lowest BCUT2D eigenvalue weighted by atomic mass is 9.47. The van der Waals surface area contributed by atoms with Crippen molar-refractivity contribution >= 4 is 5.97 Å². The molecule has 4 heteroatoms. The first-order valence-corrected chi connectivity index (χ1v) is 16.2. The topological polar surface area (TPSA) is 44.8 Å². The molecule has 0 unspecified atom stereocenters. The van der Waals surface area contributed by atoms with Gasteiger partial charge in [0.05, 0.1) is 14.2 Å². The molecule has 4 aliphatic rings. The van der Waals surface area contributed by atoms with Crippen molar-refractivity contribution in [2.75, 3.05) is 14.2 Å². The Balaban J connectivity index is 1.26. The lowest BCUT2D eigenvalue weighted by Gasteiger charge is -2.58. The fourth-order valence-corrected chi connectivity index (χ4v) is 10.0. The first kappa shape index (κ1) is 29.5. The lowest BCUT2D eigenvalue weighted by Crippen LogP contribution is -2.51. The number of carbonyl (C=O) groups is 1. The van der Waals surface area contributed by atoms with E-state index >= 15 is 0 Å². The molecule has 0 saturated heterocycles. The van der Waals surface area contributed by atoms with Gasteiger partial charge in [0, 0.05) is 6.42 Å². The van der Waals surface area contributed by atoms with Crippen molar-refractivity contribution < 1.29 is 19.0 Å². The molecule has 1 aromatic rings. The summed E-state index contributed by atoms with van der Waals surface area (Å²) >= 11 is 0. The summed E-state index contributed by atoms with van der Waals surface area (Å²) in [6, 6.07) is 5.39. The van der Waals surface area contributed by atoms with Crippen LogP contribution in [0.3, 0.4) is 0 Å². The first-order valence-electron chi connectivity index (χ1n) is 16.2. The predicted octanol–water partition coefficient (Wildman–Crippen LogP) is 9.27. The lowest BCUT2D eigenvalue weighted by molar-refractivity contribution is -0.0594. The Morgan fingerprint density at radius 1 is 0.975 bits per heavy atom. The van der Waals surface area contributed by atoms with Crippen molar-refractivity contribution in [1.29, 1.82) is 0 Å². The summed E-state index contributed by atoms with van der Waals surface area (Å²) < 4.78 is 17.0. The maximum absolute atomic E-state index is 13.2. The fourth-order valence-electron chi connectivity index (χ4n) is 10.0. The second-order valence-electron chi connectivity index (χ2n) is 14.6. The Morgan fingerprint density at radius 2 is 1.77 bits per heavy atom. The van der Waals surface area contributed by atoms with Crippen LogP contribution in [0.2, 0.25) is 0 Å². The van der Waals surface area contributed by atoms with Crippen molar-refractivity contribution in [3.8, 4) is 11.5 Å². The summed E-state index contributed by atoms with van der Waals surface area (Å²) in [5, 5.41) is 0. The Morgan fingerprint density at radius 3 is 2.50 bits per heavy atom. The van der Waals surface area contributed by atoms with Crippen molar-refractivity contribution in [3.63, 3.8) is 0 Å². The molecule has 0 amide bonds. The van der Waals surface area contributed by atoms with Gasteiger partial charge < -0.3 is 14.2 Å². The van der Waals surface area contributed by atoms with Gasteiger partial charge in [-0.15, -0.1) is 0 Å². The predicted molar refractivity (Wildman–Crippen MR) is 162 cm³/mol. The van der Waals surface area contributed by atoms with Crippen LogP contribution in [0.15, 0.2) is 29.8 Å². The quantitative estimate of drug-likeness (QED) is 0.227. The molecule has 4 aliphatic carbocycles. The summed E-state index contributed by atoms with van der Waals surface area (Å²) in [7, 11) is 3.16. The number of carbonyl (C=O) groups excluding carboxylic acids is 1. The van der Waals surface area contributed by atoms with Crippen LogP contribution >= 0.6 is 0 Å². The minimum absolute atomic E-state index is 0.0734. The summed E-state index contributed by atoms with van der Waals surface area (Å²) in [4.78, 5) is 13.2. The first-order chi connectivity index (χ1) is 19.1. The molecule has 0 radical (unpaired) electrons. The van der Waals surface area contributed by atoms with Gasteiger partial charge in [-0.25, -0.2) is 4.79 Å². The van der Waals surface area contributed by atoms with Gasteiger partial charge in [0.1, 0.15) is 11.7 Å². The second-order valence-corrected chi connectivity index (χ2v) is 14.6. The number of allylic oxidation sites excluding steroid dienone is 1. The number of ether oxygens (including phenoxy) is 3. The summed E-state index contributed by atoms with van der Waals surface area (Å²) in [6.07, 6.45) is 16.4. The number of rotatable bonds is 9. The maximum atomic E-state index is 13.2. The molecule has 0 aromatic heterocycles. The van der Waals surface area contributed by atoms with E-state index in [0.29, 0.717) is 22.5 Å². The molecule has 0 aliphatic heterocycles. The van der Waals surface area contributed by atoms with Crippen LogP contribution in [0.1, 0.15) is 116 Å². The molecule has 0 spiro atoms. The van der Waals surface area contributed by atoms with E-state index in [9.17, 15) is 4.79 Å². The smallest absolute Gasteiger partial charge is 0.342 e. The van der Waals surface area contributed by atoms with E-state index in [-0.39, 0.29) is 17.5 Å². The standard InChI is InChI=1S/C36H54O4/c1-23(2)10-8-11-24(3)29-16-17-30-27-15-14-25-22-26(18-20-35(25,4)31(27)19-21-36(29,30)5)40-34(37)28-12-9-13-32(38-6)33(28)39-7/h9,12-14,23-24,26-27,29-31H,8,10-11,15-22H2,1-7H3/t24-,26+,27-,29+,30-,31-,35+,36+/m1/s1. The third kappa shape index (κ3) is 5.22. The van der Waals surface area contributed by atoms with Crippen LogP contribution in [0.4, 0.5) is 0 Å². The number of fused-ring (bicyclic) bond motifs is 5. The van der Waals surface area contributed by atoms with Gasteiger partial charge in [-0.05, 0) is 103 Å². The number of benzene rings is 1. The number of hydrogen-bond donors (Lipinski definition) is 0. The fraction of sp³-hybridized carbons (Fsp3) is 0.750. The molecular formula is C36H54O4. The minimum atomic E-state index is -0.313. The van der Waals surface area contributed by atoms with E-state index in [4.69, 9.17) is 14.2 Å². The zero-order valence-corrected chi connectivity index (χ0v) is 26.3. The molecule has 0 heterocycles. The summed E-state index contributed by atoms with van der Waals surface area (Å²) in [5.74, 6) is 5.72. The van der Waals surface area contributed by atoms with Gasteiger partial charge in [0.15, 0.2) is 11.5 Å². The molecule has 1 aromatic carbocycles. The Labute approximate surface area is 243 Å². The van der Waals surface area contributed by atoms with Crippen molar-refractivity contribution in [3.05, 3.63) is 35.4 Å². The van der Waals surface area contributed by atoms with Crippen molar-refractivity contribution in [1.82, 2.24) is 0 Å². The van der Waals surface area contributed by atoms with E-state index in [1.807, 2.05) is 6.07 Å². The molecule has 0 bridgehead atoms. The van der Waals surface area contributed by atoms with Gasteiger partial charge in [-0.3, -0.25) is 0 Å². The summed E-state index contributed by atoms with van der Waals surface area (Å²) in [5.41, 5.74) is 2.76. The molecule has 4 nitrogen and oxygen atoms in total. The molecule has 222 valence electrons. The van der Waals surface area contributed by atoms with E-state index in [2.05, 4.69) is 40.7 Å². The van der Waals surface area contributed by atoms with Crippen molar-refractivity contribution in [2.45, 2.75) is 111 Å². The zero-order valence-electron chi connectivity index (χ0n) is 26.3. The van der Waals surface area contributed by atoms with Crippen LogP contribution in [-0.2, 0) is 4.74 Å². The van der Waals surface area contributed by atoms with E-state index in [1.54, 1.807) is 31.9 Å². The average molecular weight is 551 g/mol. The normalized spacial score (nSPS) is 35.7. The van der Waals surface area contributed by atoms with Crippen LogP contribution in [0.25, 0.3) is 0 Å². The van der Waals surface area contributed by atoms with Gasteiger partial charge in [-0.1, -0.05) is 71.6 Å². The molecular weight excluding hydrogens is 496 g/mol. The van der Waals surface area contributed by atoms with Crippen LogP contribution in [0.5, 0.6) is 11.5 Å². The van der Waals surface area contributed by atoms with Gasteiger partial charge in [0.25, 0.3) is 0 Å². The highest BCUT2D eigenvalue weighted by Gasteiger charge is 2.59. The number of esters is 1. The van der Waals surface area contributed by atoms with Crippen LogP contribution < -0.4 is 9.47 Å². The highest BCUT2D eigenvalue weighted by Crippen LogP contribution is 2.67. The van der Waals surface area contributed by atoms with Gasteiger partial charge >= 0.3 is 5.97 Å². The highest BCUT2D eigenvalue weighted by molar-refractivity contribution is 5.93. The molecule has 8 atom stereocenters. The van der Waals surface area contributed by atoms with Crippen LogP contribution in [-0.4, -0.2) is 26.3 Å². The molecule has 3 saturated carbocycles. The monoisotopic (exact) mass is 550 g/mol. The summed E-state index contributed by atoms with van der Waals surface area (Å²) in [6.45, 7) is 12.5. The second kappa shape index (κ2) is 11.7. The van der Waals surface area contributed by atoms with E-state index in [0.717, 1.165) is 54.8 Å². The van der Waals surface area contributed by atoms with Crippen molar-refractivity contribution in [2.24, 2.45) is 46.3 Å². The maximum Gasteiger partial charge on any atom is 0.342 e. The molecule has 5 rings (SSSR count). The average Bonchev–Trinajstić information content (AvgIpc) is 3.29. The molecule has 40 heavy (non-hydrogen) atoms. The van der Waals surface area contributed by atoms with E-state index < -0.39 is 0 Å². The van der Waals surface area contributed by atoms with Gasteiger partial charge in [-0.2, -0.15) is 0 Å². The largest absolute Gasteiger partial charge is 0.493 e. The minimum Gasteiger partial charge on any atom is -0.493 e.